The molecule has 0 fully saturated rings. The lowest BCUT2D eigenvalue weighted by atomic mass is 9.58. The zero-order chi connectivity index (χ0) is 27.6. The van der Waals surface area contributed by atoms with Crippen LogP contribution in [0.15, 0.2) is 34.8 Å². The molecule has 0 radical (unpaired) electrons. The van der Waals surface area contributed by atoms with Crippen LogP contribution in [-0.4, -0.2) is 85.0 Å². The van der Waals surface area contributed by atoms with Crippen molar-refractivity contribution in [3.8, 4) is 5.75 Å². The van der Waals surface area contributed by atoms with Gasteiger partial charge in [-0.25, -0.2) is 0 Å². The summed E-state index contributed by atoms with van der Waals surface area (Å²) in [4.78, 5) is 52.0. The summed E-state index contributed by atoms with van der Waals surface area (Å²) < 4.78 is 0. The van der Waals surface area contributed by atoms with Crippen LogP contribution in [0.5, 0.6) is 5.75 Å². The quantitative estimate of drug-likeness (QED) is 0.111. The number of amides is 2. The van der Waals surface area contributed by atoms with Gasteiger partial charge in [0.25, 0.3) is 5.91 Å². The van der Waals surface area contributed by atoms with Crippen LogP contribution in [0.25, 0.3) is 0 Å². The number of halogens is 1. The van der Waals surface area contributed by atoms with Crippen LogP contribution in [0.3, 0.4) is 0 Å². The number of ketones is 2. The first-order chi connectivity index (χ1) is 17.3. The maximum absolute atomic E-state index is 13.6. The fourth-order valence-electron chi connectivity index (χ4n) is 5.62. The van der Waals surface area contributed by atoms with Crippen LogP contribution < -0.4 is 11.1 Å². The smallest absolute Gasteiger partial charge is 0.255 e. The number of fused-ring (bicyclic) bond motifs is 3. The molecule has 13 heteroatoms. The number of carbonyl (C=O) groups excluding carboxylic acids is 4. The normalized spacial score (nSPS) is 28.0. The Kier molecular flexibility index (Phi) is 6.95. The number of alkyl halides is 1. The molecule has 5 atom stereocenters. The van der Waals surface area contributed by atoms with Crippen LogP contribution >= 0.6 is 28.6 Å². The number of hydrogen-bond donors (Lipinski definition) is 7. The second kappa shape index (κ2) is 9.46. The first-order valence-corrected chi connectivity index (χ1v) is 12.9. The van der Waals surface area contributed by atoms with E-state index < -0.39 is 74.5 Å². The molecule has 3 unspecified atom stereocenters. The number of carbonyl (C=O) groups is 4. The van der Waals surface area contributed by atoms with Crippen molar-refractivity contribution in [2.24, 2.45) is 17.6 Å². The van der Waals surface area contributed by atoms with E-state index in [0.717, 1.165) is 0 Å². The van der Waals surface area contributed by atoms with Gasteiger partial charge in [0.2, 0.25) is 11.7 Å². The number of allylic oxidation sites excluding steroid dienone is 1. The van der Waals surface area contributed by atoms with Crippen molar-refractivity contribution in [1.29, 1.82) is 0 Å². The number of phenolic OH excluding ortho intramolecular Hbond substituents is 1. The highest BCUT2D eigenvalue weighted by atomic mass is 79.9. The standard InChI is InChI=1S/C24H26BrN3O8S/c1-28(2)16-10-6-9-5-8-3-4-12(27-23(35)11(25)7-37)17(29)13(8)18(30)14(9)20(32)24(10,36)21(33)15(19(16)31)22(26)34/h3-4,9-11,16,29,31-32,36-37H,5-7H2,1-2H3,(H2,26,34)(H,27,35)/t9?,10?,11?,16-,24-/m0/s1. The molecule has 0 spiro atoms. The number of nitrogens with one attached hydrogen (secondary N) is 1. The van der Waals surface area contributed by atoms with Gasteiger partial charge in [-0.15, -0.1) is 0 Å². The molecule has 2 amide bonds. The molecule has 1 aromatic rings. The van der Waals surface area contributed by atoms with Gasteiger partial charge in [0, 0.05) is 17.2 Å². The van der Waals surface area contributed by atoms with Gasteiger partial charge in [-0.3, -0.25) is 24.1 Å². The van der Waals surface area contributed by atoms with Gasteiger partial charge in [0.05, 0.1) is 17.3 Å². The minimum Gasteiger partial charge on any atom is -0.510 e. The second-order valence-corrected chi connectivity index (χ2v) is 11.1. The van der Waals surface area contributed by atoms with E-state index in [2.05, 4.69) is 33.9 Å². The number of aliphatic hydroxyl groups is 3. The fraction of sp³-hybridized carbons (Fsp3) is 0.417. The number of rotatable bonds is 5. The first-order valence-electron chi connectivity index (χ1n) is 11.3. The molecule has 37 heavy (non-hydrogen) atoms. The fourth-order valence-corrected chi connectivity index (χ4v) is 5.90. The zero-order valence-corrected chi connectivity index (χ0v) is 22.3. The molecular weight excluding hydrogens is 570 g/mol. The Bertz CT molecular complexity index is 1310. The van der Waals surface area contributed by atoms with E-state index in [1.54, 1.807) is 20.2 Å². The Labute approximate surface area is 225 Å². The van der Waals surface area contributed by atoms with Gasteiger partial charge in [-0.1, -0.05) is 22.0 Å². The van der Waals surface area contributed by atoms with Gasteiger partial charge < -0.3 is 31.5 Å². The number of anilines is 1. The van der Waals surface area contributed by atoms with Crippen molar-refractivity contribution >= 4 is 57.6 Å². The van der Waals surface area contributed by atoms with E-state index in [9.17, 15) is 39.6 Å². The number of primary amides is 1. The first kappa shape index (κ1) is 27.2. The van der Waals surface area contributed by atoms with E-state index in [-0.39, 0.29) is 35.4 Å². The molecule has 0 aromatic heterocycles. The van der Waals surface area contributed by atoms with E-state index in [1.807, 2.05) is 0 Å². The summed E-state index contributed by atoms with van der Waals surface area (Å²) in [5, 5.41) is 47.0. The van der Waals surface area contributed by atoms with Crippen molar-refractivity contribution < 1.29 is 39.6 Å². The van der Waals surface area contributed by atoms with Gasteiger partial charge in [-0.05, 0) is 44.5 Å². The number of Topliss-reactive ketones (excluding diaryl/α,β-unsaturated/α-hetero) is 2. The Morgan fingerprint density at radius 1 is 1.27 bits per heavy atom. The number of aromatic hydroxyl groups is 1. The molecule has 4 rings (SSSR count). The summed E-state index contributed by atoms with van der Waals surface area (Å²) in [5.74, 6) is -7.61. The molecule has 0 saturated heterocycles. The molecule has 11 nitrogen and oxygen atoms in total. The van der Waals surface area contributed by atoms with Crippen LogP contribution in [0.1, 0.15) is 22.3 Å². The number of nitrogens with zero attached hydrogens (tertiary/aromatic N) is 1. The molecule has 0 aliphatic heterocycles. The average Bonchev–Trinajstić information content (AvgIpc) is 2.82. The number of aliphatic hydroxyl groups excluding tert-OH is 2. The SMILES string of the molecule is CN(C)[C@@H]1C(O)=C(C(N)=O)C(=O)[C@@]2(O)C(O)=C3C(=O)c4c(ccc(NC(=O)C(Br)CS)c4O)CC3CC12. The molecule has 3 aliphatic rings. The van der Waals surface area contributed by atoms with Gasteiger partial charge >= 0.3 is 0 Å². The molecule has 3 aliphatic carbocycles. The van der Waals surface area contributed by atoms with Gasteiger partial charge in [0.1, 0.15) is 21.9 Å². The lowest BCUT2D eigenvalue weighted by Crippen LogP contribution is -2.63. The second-order valence-electron chi connectivity index (χ2n) is 9.60. The third kappa shape index (κ3) is 3.95. The summed E-state index contributed by atoms with van der Waals surface area (Å²) in [5.41, 5.74) is 1.69. The van der Waals surface area contributed by atoms with Crippen molar-refractivity contribution in [2.75, 3.05) is 25.2 Å². The van der Waals surface area contributed by atoms with Crippen LogP contribution in [0.4, 0.5) is 5.69 Å². The van der Waals surface area contributed by atoms with Crippen molar-refractivity contribution in [1.82, 2.24) is 4.90 Å². The Balaban J connectivity index is 1.86. The molecule has 7 N–H and O–H groups in total. The summed E-state index contributed by atoms with van der Waals surface area (Å²) in [6, 6.07) is 1.96. The average molecular weight is 596 g/mol. The highest BCUT2D eigenvalue weighted by Crippen LogP contribution is 2.52. The number of likely N-dealkylation sites (N-methyl/N-ethyl adjacent to an activating group) is 1. The molecule has 1 aromatic carbocycles. The highest BCUT2D eigenvalue weighted by molar-refractivity contribution is 9.10. The minimum atomic E-state index is -2.71. The lowest BCUT2D eigenvalue weighted by molar-refractivity contribution is -0.148. The lowest BCUT2D eigenvalue weighted by Gasteiger charge is -2.50. The Morgan fingerprint density at radius 2 is 1.92 bits per heavy atom. The minimum absolute atomic E-state index is 0.00176. The maximum Gasteiger partial charge on any atom is 0.255 e. The maximum atomic E-state index is 13.6. The van der Waals surface area contributed by atoms with Crippen molar-refractivity contribution in [3.63, 3.8) is 0 Å². The van der Waals surface area contributed by atoms with Crippen LogP contribution in [0.2, 0.25) is 0 Å². The number of phenols is 1. The van der Waals surface area contributed by atoms with Gasteiger partial charge in [0.15, 0.2) is 17.1 Å². The van der Waals surface area contributed by atoms with E-state index >= 15 is 0 Å². The Morgan fingerprint density at radius 3 is 2.49 bits per heavy atom. The molecular formula is C24H26BrN3O8S. The highest BCUT2D eigenvalue weighted by Gasteiger charge is 2.63. The monoisotopic (exact) mass is 595 g/mol. The summed E-state index contributed by atoms with van der Waals surface area (Å²) >= 11 is 7.19. The number of hydrogen-bond acceptors (Lipinski definition) is 10. The molecule has 198 valence electrons. The number of benzene rings is 1. The third-order valence-corrected chi connectivity index (χ3v) is 8.90. The van der Waals surface area contributed by atoms with E-state index in [0.29, 0.717) is 5.56 Å². The van der Waals surface area contributed by atoms with E-state index in [1.165, 1.54) is 11.0 Å². The van der Waals surface area contributed by atoms with Gasteiger partial charge in [-0.2, -0.15) is 12.6 Å². The molecule has 0 heterocycles. The van der Waals surface area contributed by atoms with Crippen molar-refractivity contribution in [3.05, 3.63) is 45.9 Å². The number of thiol groups is 1. The molecule has 0 saturated carbocycles. The van der Waals surface area contributed by atoms with E-state index in [4.69, 9.17) is 5.73 Å². The van der Waals surface area contributed by atoms with Crippen LogP contribution in [-0.2, 0) is 20.8 Å². The summed E-state index contributed by atoms with van der Waals surface area (Å²) in [6.07, 6.45) is 0.159. The third-order valence-electron chi connectivity index (χ3n) is 7.30. The zero-order valence-electron chi connectivity index (χ0n) is 19.9. The van der Waals surface area contributed by atoms with Crippen LogP contribution in [0, 0.1) is 11.8 Å². The van der Waals surface area contributed by atoms with Crippen molar-refractivity contribution in [2.45, 2.75) is 29.3 Å². The largest absolute Gasteiger partial charge is 0.510 e. The summed E-state index contributed by atoms with van der Waals surface area (Å²) in [6.45, 7) is 0. The number of nitrogens with two attached hydrogens (primary N) is 1. The Hall–Kier alpha value is -2.87. The topological polar surface area (TPSA) is 190 Å². The summed E-state index contributed by atoms with van der Waals surface area (Å²) in [7, 11) is 3.12. The predicted molar refractivity (Wildman–Crippen MR) is 139 cm³/mol. The predicted octanol–water partition coefficient (Wildman–Crippen LogP) is 0.752. The molecule has 0 bridgehead atoms.